The number of sulfone groups is 1. The van der Waals surface area contributed by atoms with Gasteiger partial charge >= 0.3 is 11.9 Å². The van der Waals surface area contributed by atoms with E-state index in [9.17, 15) is 18.0 Å². The molecule has 8 nitrogen and oxygen atoms in total. The average Bonchev–Trinajstić information content (AvgIpc) is 2.54. The lowest BCUT2D eigenvalue weighted by Crippen LogP contribution is -2.42. The maximum atomic E-state index is 11.9. The van der Waals surface area contributed by atoms with Crippen molar-refractivity contribution in [2.45, 2.75) is 19.6 Å². The van der Waals surface area contributed by atoms with Gasteiger partial charge in [0, 0.05) is 44.5 Å². The number of nitrogens with zero attached hydrogens (tertiary/aromatic N) is 1. The van der Waals surface area contributed by atoms with Gasteiger partial charge < -0.3 is 19.7 Å². The molecule has 3 rings (SSSR count). The molecule has 2 heterocycles. The largest absolute Gasteiger partial charge is 0.419 e. The Morgan fingerprint density at radius 3 is 2.12 bits per heavy atom. The second kappa shape index (κ2) is 6.64. The molecule has 2 fully saturated rings. The summed E-state index contributed by atoms with van der Waals surface area (Å²) >= 11 is 0. The van der Waals surface area contributed by atoms with Crippen LogP contribution < -0.4 is 10.2 Å². The summed E-state index contributed by atoms with van der Waals surface area (Å²) in [5.41, 5.74) is 1.36. The lowest BCUT2D eigenvalue weighted by molar-refractivity contribution is -0.222. The minimum Gasteiger partial charge on any atom is -0.419 e. The molecule has 0 aliphatic carbocycles. The minimum absolute atomic E-state index is 0.152. The molecule has 0 spiro atoms. The first-order valence-corrected chi connectivity index (χ1v) is 9.96. The van der Waals surface area contributed by atoms with Gasteiger partial charge in [0.2, 0.25) is 0 Å². The minimum atomic E-state index is -2.92. The van der Waals surface area contributed by atoms with Crippen LogP contribution in [0, 0.1) is 0 Å². The van der Waals surface area contributed by atoms with Crippen LogP contribution in [-0.2, 0) is 28.9 Å². The van der Waals surface area contributed by atoms with E-state index < -0.39 is 27.6 Å². The predicted molar refractivity (Wildman–Crippen MR) is 95.3 cm³/mol. The van der Waals surface area contributed by atoms with Crippen LogP contribution in [0.3, 0.4) is 0 Å². The van der Waals surface area contributed by atoms with Crippen molar-refractivity contribution in [3.63, 3.8) is 0 Å². The number of nitrogens with one attached hydrogen (secondary N) is 1. The van der Waals surface area contributed by atoms with Crippen molar-refractivity contribution in [2.75, 3.05) is 34.8 Å². The molecule has 0 aromatic heterocycles. The van der Waals surface area contributed by atoms with Crippen molar-refractivity contribution in [3.8, 4) is 0 Å². The number of anilines is 2. The number of hydrogen-bond donors (Lipinski definition) is 1. The van der Waals surface area contributed by atoms with E-state index in [0.29, 0.717) is 18.8 Å². The fourth-order valence-electron chi connectivity index (χ4n) is 2.67. The van der Waals surface area contributed by atoms with Gasteiger partial charge in [-0.05, 0) is 24.3 Å². The van der Waals surface area contributed by atoms with Crippen LogP contribution >= 0.6 is 0 Å². The van der Waals surface area contributed by atoms with E-state index >= 15 is 0 Å². The van der Waals surface area contributed by atoms with E-state index in [1.807, 2.05) is 17.0 Å². The van der Waals surface area contributed by atoms with Gasteiger partial charge in [0.25, 0.3) is 5.79 Å². The topological polar surface area (TPSA) is 102 Å². The highest BCUT2D eigenvalue weighted by Gasteiger charge is 2.38. The van der Waals surface area contributed by atoms with Gasteiger partial charge in [-0.2, -0.15) is 0 Å². The van der Waals surface area contributed by atoms with Crippen LogP contribution in [0.2, 0.25) is 0 Å². The predicted octanol–water partition coefficient (Wildman–Crippen LogP) is 1.05. The molecular weight excluding hydrogens is 360 g/mol. The summed E-state index contributed by atoms with van der Waals surface area (Å²) in [5.74, 6) is -2.45. The molecule has 1 N–H and O–H groups in total. The molecule has 26 heavy (non-hydrogen) atoms. The first-order chi connectivity index (χ1) is 12.2. The van der Waals surface area contributed by atoms with E-state index in [-0.39, 0.29) is 17.1 Å². The summed E-state index contributed by atoms with van der Waals surface area (Å²) in [5, 5.41) is 2.87. The zero-order valence-electron chi connectivity index (χ0n) is 14.5. The van der Waals surface area contributed by atoms with E-state index in [2.05, 4.69) is 5.32 Å². The van der Waals surface area contributed by atoms with Gasteiger partial charge in [-0.1, -0.05) is 0 Å². The number of carbonyl (C=O) groups excluding carboxylic acids is 2. The van der Waals surface area contributed by atoms with E-state index in [1.54, 1.807) is 12.1 Å². The number of esters is 2. The van der Waals surface area contributed by atoms with Crippen molar-refractivity contribution in [1.29, 1.82) is 0 Å². The standard InChI is InChI=1S/C17H20N2O6S/c1-17(2)24-15(20)14(16(21)25-17)11-18-12-3-5-13(6-4-12)19-7-9-26(22,23)10-8-19/h3-6,11,18H,7-10H2,1-2H3. The highest BCUT2D eigenvalue weighted by Crippen LogP contribution is 2.24. The Morgan fingerprint density at radius 2 is 1.58 bits per heavy atom. The van der Waals surface area contributed by atoms with Crippen LogP contribution in [0.1, 0.15) is 13.8 Å². The quantitative estimate of drug-likeness (QED) is 0.472. The third kappa shape index (κ3) is 4.16. The van der Waals surface area contributed by atoms with E-state index in [1.165, 1.54) is 20.0 Å². The fourth-order valence-corrected chi connectivity index (χ4v) is 3.87. The number of cyclic esters (lactones) is 2. The monoisotopic (exact) mass is 380 g/mol. The summed E-state index contributed by atoms with van der Waals surface area (Å²) in [6.07, 6.45) is 1.25. The molecule has 1 aromatic carbocycles. The third-order valence-corrected chi connectivity index (χ3v) is 5.69. The van der Waals surface area contributed by atoms with Crippen LogP contribution in [0.25, 0.3) is 0 Å². The number of ether oxygens (including phenoxy) is 2. The third-order valence-electron chi connectivity index (χ3n) is 4.08. The summed E-state index contributed by atoms with van der Waals surface area (Å²) in [4.78, 5) is 25.7. The van der Waals surface area contributed by atoms with E-state index in [4.69, 9.17) is 9.47 Å². The van der Waals surface area contributed by atoms with E-state index in [0.717, 1.165) is 5.69 Å². The second-order valence-corrected chi connectivity index (χ2v) is 8.87. The van der Waals surface area contributed by atoms with Gasteiger partial charge in [0.15, 0.2) is 15.4 Å². The first kappa shape index (κ1) is 18.2. The zero-order chi connectivity index (χ0) is 18.9. The number of carbonyl (C=O) groups is 2. The van der Waals surface area contributed by atoms with Gasteiger partial charge in [-0.3, -0.25) is 0 Å². The Morgan fingerprint density at radius 1 is 1.04 bits per heavy atom. The van der Waals surface area contributed by atoms with Crippen molar-refractivity contribution >= 4 is 33.2 Å². The highest BCUT2D eigenvalue weighted by atomic mass is 32.2. The molecule has 1 aromatic rings. The molecule has 0 radical (unpaired) electrons. The summed E-state index contributed by atoms with van der Waals surface area (Å²) in [6.45, 7) is 3.90. The van der Waals surface area contributed by atoms with Crippen molar-refractivity contribution < 1.29 is 27.5 Å². The molecule has 9 heteroatoms. The zero-order valence-corrected chi connectivity index (χ0v) is 15.3. The van der Waals surface area contributed by atoms with Crippen LogP contribution in [-0.4, -0.2) is 50.7 Å². The molecule has 2 aliphatic rings. The number of hydrogen-bond acceptors (Lipinski definition) is 8. The molecule has 140 valence electrons. The Hall–Kier alpha value is -2.55. The normalized spacial score (nSPS) is 21.6. The van der Waals surface area contributed by atoms with Crippen LogP contribution in [0.15, 0.2) is 36.0 Å². The Labute approximate surface area is 151 Å². The Bertz CT molecular complexity index is 822. The van der Waals surface area contributed by atoms with Crippen LogP contribution in [0.5, 0.6) is 0 Å². The summed E-state index contributed by atoms with van der Waals surface area (Å²) < 4.78 is 33.0. The average molecular weight is 380 g/mol. The number of benzene rings is 1. The lowest BCUT2D eigenvalue weighted by atomic mass is 10.2. The smallest absolute Gasteiger partial charge is 0.350 e. The molecular formula is C17H20N2O6S. The maximum Gasteiger partial charge on any atom is 0.350 e. The summed E-state index contributed by atoms with van der Waals surface area (Å²) in [6, 6.07) is 7.25. The highest BCUT2D eigenvalue weighted by molar-refractivity contribution is 7.91. The fraction of sp³-hybridized carbons (Fsp3) is 0.412. The maximum absolute atomic E-state index is 11.9. The van der Waals surface area contributed by atoms with Crippen LogP contribution in [0.4, 0.5) is 11.4 Å². The SMILES string of the molecule is CC1(C)OC(=O)C(=CNc2ccc(N3CCS(=O)(=O)CC3)cc2)C(=O)O1. The van der Waals surface area contributed by atoms with Crippen molar-refractivity contribution in [1.82, 2.24) is 0 Å². The molecule has 0 amide bonds. The second-order valence-electron chi connectivity index (χ2n) is 6.57. The lowest BCUT2D eigenvalue weighted by Gasteiger charge is -2.29. The van der Waals surface area contributed by atoms with Gasteiger partial charge in [0.05, 0.1) is 11.5 Å². The molecule has 2 saturated heterocycles. The molecule has 0 bridgehead atoms. The van der Waals surface area contributed by atoms with Gasteiger partial charge in [-0.15, -0.1) is 0 Å². The van der Waals surface area contributed by atoms with Crippen molar-refractivity contribution in [2.24, 2.45) is 0 Å². The first-order valence-electron chi connectivity index (χ1n) is 8.14. The van der Waals surface area contributed by atoms with Gasteiger partial charge in [-0.25, -0.2) is 18.0 Å². The molecule has 0 unspecified atom stereocenters. The number of rotatable bonds is 3. The Balaban J connectivity index is 1.65. The Kier molecular flexibility index (Phi) is 4.66. The molecule has 0 saturated carbocycles. The van der Waals surface area contributed by atoms with Crippen molar-refractivity contribution in [3.05, 3.63) is 36.0 Å². The molecule has 0 atom stereocenters. The summed E-state index contributed by atoms with van der Waals surface area (Å²) in [7, 11) is -2.92. The molecule has 2 aliphatic heterocycles. The van der Waals surface area contributed by atoms with Gasteiger partial charge in [0.1, 0.15) is 0 Å².